The van der Waals surface area contributed by atoms with E-state index in [0.29, 0.717) is 22.2 Å². The Hall–Kier alpha value is -2.52. The molecule has 0 fully saturated rings. The Kier molecular flexibility index (Phi) is 5.43. The van der Waals surface area contributed by atoms with Gasteiger partial charge in [-0.2, -0.15) is 0 Å². The zero-order chi connectivity index (χ0) is 18.3. The zero-order valence-corrected chi connectivity index (χ0v) is 16.9. The summed E-state index contributed by atoms with van der Waals surface area (Å²) in [5.74, 6) is -0.625. The third-order valence-corrected chi connectivity index (χ3v) is 4.66. The van der Waals surface area contributed by atoms with E-state index in [1.807, 2.05) is 12.3 Å². The molecule has 0 aliphatic carbocycles. The Labute approximate surface area is 168 Å². The Bertz CT molecular complexity index is 1110. The summed E-state index contributed by atoms with van der Waals surface area (Å²) >= 11 is 1.37. The van der Waals surface area contributed by atoms with Crippen molar-refractivity contribution >= 4 is 44.8 Å². The smallest absolute Gasteiger partial charge is 0.187 e. The standard InChI is InChI=1S/C18H14F2N4OS.BrH/c1-10-17(24-8-11(19)3-6-16(24)21-10)14-9-26-18(23-14)22-12-4-5-15(25-2)13(20)7-12;/h3-9H,1-2H3,(H,22,23);1H. The minimum Gasteiger partial charge on any atom is -0.494 e. The summed E-state index contributed by atoms with van der Waals surface area (Å²) in [5, 5.41) is 5.51. The van der Waals surface area contributed by atoms with Gasteiger partial charge in [0.2, 0.25) is 0 Å². The second-order valence-corrected chi connectivity index (χ2v) is 6.49. The summed E-state index contributed by atoms with van der Waals surface area (Å²) in [4.78, 5) is 8.96. The number of methoxy groups -OCH3 is 1. The van der Waals surface area contributed by atoms with E-state index in [9.17, 15) is 8.78 Å². The average molecular weight is 453 g/mol. The highest BCUT2D eigenvalue weighted by Gasteiger charge is 2.15. The van der Waals surface area contributed by atoms with Gasteiger partial charge in [0, 0.05) is 23.3 Å². The fourth-order valence-corrected chi connectivity index (χ4v) is 3.47. The van der Waals surface area contributed by atoms with Crippen LogP contribution in [0.5, 0.6) is 5.75 Å². The molecule has 3 aromatic heterocycles. The van der Waals surface area contributed by atoms with Crippen LogP contribution in [-0.2, 0) is 0 Å². The second-order valence-electron chi connectivity index (χ2n) is 5.63. The summed E-state index contributed by atoms with van der Waals surface area (Å²) in [6, 6.07) is 7.59. The van der Waals surface area contributed by atoms with Crippen molar-refractivity contribution in [1.29, 1.82) is 0 Å². The van der Waals surface area contributed by atoms with Gasteiger partial charge in [0.05, 0.1) is 18.5 Å². The monoisotopic (exact) mass is 452 g/mol. The van der Waals surface area contributed by atoms with Gasteiger partial charge in [-0.05, 0) is 31.2 Å². The van der Waals surface area contributed by atoms with Gasteiger partial charge in [-0.1, -0.05) is 0 Å². The maximum Gasteiger partial charge on any atom is 0.187 e. The Morgan fingerprint density at radius 2 is 1.96 bits per heavy atom. The normalized spacial score (nSPS) is 10.7. The first-order valence-corrected chi connectivity index (χ1v) is 8.64. The number of anilines is 2. The van der Waals surface area contributed by atoms with Crippen molar-refractivity contribution in [2.24, 2.45) is 0 Å². The van der Waals surface area contributed by atoms with E-state index in [4.69, 9.17) is 4.74 Å². The van der Waals surface area contributed by atoms with E-state index in [1.54, 1.807) is 22.6 Å². The number of ether oxygens (including phenoxy) is 1. The largest absolute Gasteiger partial charge is 0.494 e. The maximum absolute atomic E-state index is 13.8. The molecule has 0 radical (unpaired) electrons. The zero-order valence-electron chi connectivity index (χ0n) is 14.4. The molecule has 1 aromatic carbocycles. The van der Waals surface area contributed by atoms with E-state index < -0.39 is 5.82 Å². The molecule has 0 spiro atoms. The lowest BCUT2D eigenvalue weighted by Crippen LogP contribution is -1.94. The number of pyridine rings is 1. The van der Waals surface area contributed by atoms with E-state index in [2.05, 4.69) is 15.3 Å². The van der Waals surface area contributed by atoms with E-state index in [-0.39, 0.29) is 28.5 Å². The van der Waals surface area contributed by atoms with Crippen LogP contribution in [-0.4, -0.2) is 21.5 Å². The molecule has 0 aliphatic heterocycles. The number of aryl methyl sites for hydroxylation is 1. The number of hydrogen-bond donors (Lipinski definition) is 1. The van der Waals surface area contributed by atoms with Gasteiger partial charge in [0.1, 0.15) is 17.2 Å². The molecule has 0 atom stereocenters. The Morgan fingerprint density at radius 3 is 2.70 bits per heavy atom. The van der Waals surface area contributed by atoms with E-state index in [1.165, 1.54) is 36.8 Å². The topological polar surface area (TPSA) is 51.5 Å². The Morgan fingerprint density at radius 1 is 1.15 bits per heavy atom. The molecule has 1 N–H and O–H groups in total. The molecule has 3 heterocycles. The summed E-state index contributed by atoms with van der Waals surface area (Å²) in [7, 11) is 1.42. The van der Waals surface area contributed by atoms with Gasteiger partial charge in [-0.15, -0.1) is 28.3 Å². The van der Waals surface area contributed by atoms with Crippen LogP contribution in [0.2, 0.25) is 0 Å². The molecule has 0 bridgehead atoms. The van der Waals surface area contributed by atoms with Crippen molar-refractivity contribution < 1.29 is 13.5 Å². The lowest BCUT2D eigenvalue weighted by atomic mass is 10.3. The van der Waals surface area contributed by atoms with E-state index in [0.717, 1.165) is 11.4 Å². The summed E-state index contributed by atoms with van der Waals surface area (Å²) in [6.07, 6.45) is 1.38. The minimum absolute atomic E-state index is 0. The first-order valence-electron chi connectivity index (χ1n) is 7.76. The summed E-state index contributed by atoms with van der Waals surface area (Å²) in [6.45, 7) is 1.85. The van der Waals surface area contributed by atoms with Crippen LogP contribution in [0.25, 0.3) is 17.0 Å². The lowest BCUT2D eigenvalue weighted by molar-refractivity contribution is 0.386. The number of halogens is 3. The summed E-state index contributed by atoms with van der Waals surface area (Å²) in [5.41, 5.74) is 3.36. The van der Waals surface area contributed by atoms with Gasteiger partial charge < -0.3 is 10.1 Å². The third-order valence-electron chi connectivity index (χ3n) is 3.91. The van der Waals surface area contributed by atoms with Crippen LogP contribution in [0.4, 0.5) is 19.6 Å². The molecule has 9 heteroatoms. The molecular formula is C18H15BrF2N4OS. The third kappa shape index (κ3) is 3.65. The quantitative estimate of drug-likeness (QED) is 0.451. The van der Waals surface area contributed by atoms with Crippen molar-refractivity contribution in [3.63, 3.8) is 0 Å². The molecule has 4 aromatic rings. The number of nitrogens with one attached hydrogen (secondary N) is 1. The molecule has 0 aliphatic rings. The number of imidazole rings is 1. The highest BCUT2D eigenvalue weighted by Crippen LogP contribution is 2.31. The molecule has 0 saturated carbocycles. The van der Waals surface area contributed by atoms with Crippen LogP contribution in [0.15, 0.2) is 41.9 Å². The van der Waals surface area contributed by atoms with Gasteiger partial charge in [0.15, 0.2) is 16.7 Å². The predicted octanol–water partition coefficient (Wildman–Crippen LogP) is 5.37. The van der Waals surface area contributed by atoms with Crippen molar-refractivity contribution in [2.75, 3.05) is 12.4 Å². The highest BCUT2D eigenvalue weighted by atomic mass is 79.9. The SMILES string of the molecule is Br.COc1ccc(Nc2nc(-c3c(C)nc4ccc(F)cn34)cs2)cc1F. The maximum atomic E-state index is 13.8. The fourth-order valence-electron chi connectivity index (χ4n) is 2.75. The molecule has 0 saturated heterocycles. The molecule has 0 amide bonds. The molecule has 140 valence electrons. The number of nitrogens with zero attached hydrogens (tertiary/aromatic N) is 3. The molecule has 27 heavy (non-hydrogen) atoms. The number of hydrogen-bond acceptors (Lipinski definition) is 5. The van der Waals surface area contributed by atoms with Gasteiger partial charge in [0.25, 0.3) is 0 Å². The minimum atomic E-state index is -0.456. The van der Waals surface area contributed by atoms with Crippen LogP contribution in [0, 0.1) is 18.6 Å². The number of benzene rings is 1. The van der Waals surface area contributed by atoms with E-state index >= 15 is 0 Å². The molecule has 4 rings (SSSR count). The lowest BCUT2D eigenvalue weighted by Gasteiger charge is -2.05. The molecule has 5 nitrogen and oxygen atoms in total. The summed E-state index contributed by atoms with van der Waals surface area (Å²) < 4.78 is 34.0. The van der Waals surface area contributed by atoms with Crippen LogP contribution < -0.4 is 10.1 Å². The van der Waals surface area contributed by atoms with Crippen LogP contribution in [0.1, 0.15) is 5.69 Å². The van der Waals surface area contributed by atoms with Gasteiger partial charge in [-0.25, -0.2) is 18.7 Å². The number of aromatic nitrogens is 3. The van der Waals surface area contributed by atoms with Gasteiger partial charge >= 0.3 is 0 Å². The molecule has 0 unspecified atom stereocenters. The Balaban J connectivity index is 0.00000210. The van der Waals surface area contributed by atoms with Crippen molar-refractivity contribution in [3.05, 3.63) is 59.2 Å². The first kappa shape index (κ1) is 19.2. The second kappa shape index (κ2) is 7.61. The highest BCUT2D eigenvalue weighted by molar-refractivity contribution is 8.93. The number of fused-ring (bicyclic) bond motifs is 1. The number of rotatable bonds is 4. The van der Waals surface area contributed by atoms with Crippen LogP contribution >= 0.6 is 28.3 Å². The average Bonchev–Trinajstić information content (AvgIpc) is 3.18. The fraction of sp³-hybridized carbons (Fsp3) is 0.111. The van der Waals surface area contributed by atoms with Gasteiger partial charge in [-0.3, -0.25) is 4.40 Å². The molecular weight excluding hydrogens is 438 g/mol. The number of thiazole rings is 1. The van der Waals surface area contributed by atoms with Crippen LogP contribution in [0.3, 0.4) is 0 Å². The van der Waals surface area contributed by atoms with Crippen molar-refractivity contribution in [3.8, 4) is 17.1 Å². The van der Waals surface area contributed by atoms with Crippen molar-refractivity contribution in [1.82, 2.24) is 14.4 Å². The first-order chi connectivity index (χ1) is 12.5. The predicted molar refractivity (Wildman–Crippen MR) is 108 cm³/mol. The van der Waals surface area contributed by atoms with Crippen molar-refractivity contribution in [2.45, 2.75) is 6.92 Å².